The maximum atomic E-state index is 16.9. The van der Waals surface area contributed by atoms with Gasteiger partial charge >= 0.3 is 5.97 Å². The number of rotatable bonds is 5. The van der Waals surface area contributed by atoms with Crippen LogP contribution in [0, 0.1) is 62.6 Å². The Kier molecular flexibility index (Phi) is 9.02. The van der Waals surface area contributed by atoms with E-state index in [0.29, 0.717) is 66.4 Å². The molecule has 14 rings (SSSR count). The number of hydrogen-bond acceptors (Lipinski definition) is 9. The zero-order chi connectivity index (χ0) is 50.9. The summed E-state index contributed by atoms with van der Waals surface area (Å²) < 4.78 is 0. The lowest BCUT2D eigenvalue weighted by Crippen LogP contribution is -2.78. The Morgan fingerprint density at radius 1 is 0.932 bits per heavy atom. The molecule has 13 aliphatic carbocycles. The number of aliphatic hydroxyl groups is 5. The van der Waals surface area contributed by atoms with E-state index in [1.165, 1.54) is 12.5 Å². The third-order valence-electron chi connectivity index (χ3n) is 23.3. The first-order chi connectivity index (χ1) is 34.8. The zero-order valence-electron chi connectivity index (χ0n) is 42.0. The Balaban J connectivity index is 1.20. The predicted octanol–water partition coefficient (Wildman–Crippen LogP) is 6.31. The Morgan fingerprint density at radius 2 is 1.73 bits per heavy atom. The fourth-order valence-corrected chi connectivity index (χ4v) is 21.4. The molecule has 73 heavy (non-hydrogen) atoms. The van der Waals surface area contributed by atoms with Crippen LogP contribution in [0.1, 0.15) is 134 Å². The van der Waals surface area contributed by atoms with Crippen molar-refractivity contribution in [2.75, 3.05) is 6.61 Å². The van der Waals surface area contributed by atoms with E-state index in [-0.39, 0.29) is 86.5 Å². The number of carboxylic acids is 1. The number of allylic oxidation sites excluding steroid dienone is 4. The van der Waals surface area contributed by atoms with E-state index in [4.69, 9.17) is 16.5 Å². The third kappa shape index (κ3) is 4.65. The number of aliphatic carboxylic acids is 1. The number of aliphatic hydroxyl groups excluding tert-OH is 1. The summed E-state index contributed by atoms with van der Waals surface area (Å²) in [5.41, 5.74) is 3.19. The maximum Gasteiger partial charge on any atom is 0.331 e. The Bertz CT molecular complexity index is 3190. The standard InChI is InChI=1S/C61H67N3O9/c1-33(50(68)69)39-17-25-55(64-51(62)63)26-27-56-42(19-28-65)61(55,73)60(39,72)40-16-15-36-30-38-31-57(70)45(37-14-13-34-11-5-6-12-35(34)29-37)48-52(2)20-7-3-10-23-58(59(38,71)47(56)44(36)40)49(57)46-41(66)32-54(56,58)22-9-4-8-21-53(46,48)24-18-43(52)67/h5-6,11-12,16,26-27,29,31,42,45,47-48,65,70-73H,4,8-10,13-15,17-25,28,30,32H2,1-2H3,(H,68,69)(H4,62,63,64)/b39-33+/t42-,45+,47-,48+,52+,53+,54+,55+,56-,57+,58-,59-,60-,61-/m0/s1. The van der Waals surface area contributed by atoms with Crippen LogP contribution in [0.5, 0.6) is 0 Å². The second kappa shape index (κ2) is 14.2. The molecule has 1 aromatic carbocycles. The quantitative estimate of drug-likeness (QED) is 0.0535. The fraction of sp³-hybridized carbons (Fsp3) is 0.574. The van der Waals surface area contributed by atoms with E-state index >= 15 is 19.8 Å². The summed E-state index contributed by atoms with van der Waals surface area (Å²) in [6.07, 6.45) is 16.4. The summed E-state index contributed by atoms with van der Waals surface area (Å²) in [4.78, 5) is 50.3. The second-order valence-electron chi connectivity index (χ2n) is 25.2. The van der Waals surface area contributed by atoms with Gasteiger partial charge in [-0.3, -0.25) is 9.59 Å². The molecule has 5 fully saturated rings. The van der Waals surface area contributed by atoms with Crippen molar-refractivity contribution in [3.63, 3.8) is 0 Å². The number of nitrogens with zero attached hydrogens (tertiary/aromatic N) is 1. The first kappa shape index (κ1) is 46.4. The van der Waals surface area contributed by atoms with Crippen LogP contribution in [0.3, 0.4) is 0 Å². The van der Waals surface area contributed by atoms with Crippen LogP contribution in [0.25, 0.3) is 6.08 Å². The number of aryl methyl sites for hydroxylation is 1. The number of hydrogen-bond donors (Lipinski definition) is 8. The molecule has 0 unspecified atom stereocenters. The van der Waals surface area contributed by atoms with Crippen LogP contribution in [0.2, 0.25) is 0 Å². The molecule has 1 aromatic rings. The summed E-state index contributed by atoms with van der Waals surface area (Å²) in [6.45, 7) is 3.05. The second-order valence-corrected chi connectivity index (χ2v) is 25.2. The van der Waals surface area contributed by atoms with Gasteiger partial charge in [0.25, 0.3) is 0 Å². The molecular weight excluding hydrogens is 919 g/mol. The van der Waals surface area contributed by atoms with Crippen molar-refractivity contribution in [1.82, 2.24) is 0 Å². The van der Waals surface area contributed by atoms with Gasteiger partial charge in [-0.05, 0) is 129 Å². The number of fused-ring (bicyclic) bond motifs is 3. The molecule has 0 aromatic heterocycles. The van der Waals surface area contributed by atoms with Crippen molar-refractivity contribution in [2.24, 2.45) is 67.2 Å². The molecule has 0 aliphatic heterocycles. The number of ketones is 2. The minimum absolute atomic E-state index is 0.0127. The molecule has 10 N–H and O–H groups in total. The lowest BCUT2D eigenvalue weighted by molar-refractivity contribution is -0.235. The average molecular weight is 986 g/mol. The molecule has 0 heterocycles. The summed E-state index contributed by atoms with van der Waals surface area (Å²) in [5.74, 6) is 2.17. The first-order valence-electron chi connectivity index (χ1n) is 27.3. The van der Waals surface area contributed by atoms with Crippen molar-refractivity contribution in [2.45, 2.75) is 157 Å². The summed E-state index contributed by atoms with van der Waals surface area (Å²) in [6, 6.07) is 8.36. The van der Waals surface area contributed by atoms with Gasteiger partial charge < -0.3 is 42.1 Å². The monoisotopic (exact) mass is 985 g/mol. The fourth-order valence-electron chi connectivity index (χ4n) is 21.4. The molecule has 8 bridgehead atoms. The van der Waals surface area contributed by atoms with Gasteiger partial charge in [0.1, 0.15) is 33.7 Å². The number of aliphatic imine (C=N–C) groups is 1. The Morgan fingerprint density at radius 3 is 2.51 bits per heavy atom. The largest absolute Gasteiger partial charge is 0.478 e. The van der Waals surface area contributed by atoms with Crippen LogP contribution < -0.4 is 11.5 Å². The Hall–Kier alpha value is -5.16. The normalized spacial score (nSPS) is 47.4. The molecule has 12 nitrogen and oxygen atoms in total. The van der Waals surface area contributed by atoms with Gasteiger partial charge in [-0.1, -0.05) is 85.9 Å². The molecule has 0 saturated heterocycles. The van der Waals surface area contributed by atoms with E-state index < -0.39 is 91.3 Å². The van der Waals surface area contributed by atoms with Gasteiger partial charge in [-0.25, -0.2) is 9.79 Å². The number of carboxylic acid groups (broad SMARTS) is 1. The lowest BCUT2D eigenvalue weighted by Gasteiger charge is -2.73. The molecule has 0 radical (unpaired) electrons. The molecule has 0 amide bonds. The summed E-state index contributed by atoms with van der Waals surface area (Å²) in [7, 11) is 0. The van der Waals surface area contributed by atoms with Crippen molar-refractivity contribution in [3.8, 4) is 11.8 Å². The molecule has 14 atom stereocenters. The highest BCUT2D eigenvalue weighted by molar-refractivity contribution is 6.03. The Labute approximate surface area is 425 Å². The van der Waals surface area contributed by atoms with Gasteiger partial charge in [-0.2, -0.15) is 0 Å². The molecule has 12 heteroatoms. The van der Waals surface area contributed by atoms with Gasteiger partial charge in [0, 0.05) is 88.3 Å². The van der Waals surface area contributed by atoms with Gasteiger partial charge in [-0.15, -0.1) is 11.8 Å². The van der Waals surface area contributed by atoms with Crippen LogP contribution in [-0.4, -0.2) is 88.7 Å². The SMILES string of the molecule is C/C(C(=O)O)=C1/CC[C@@]2(N=C(N)N)C=C[C@]34[C@H](CCO)[C@@]2(O)[C@@]1(O)C1=CCC2=C1[C@@H]3[C@@]1(O)C(=C[C@]3(O)C5=C6C(=O)C[C@]47CCCCC[C@@]64CCC(=O)[C@@](C)(CC#CCC[C@]571)[C@H]4[C@H]3C1=Cc3ccccc3CC1)C2. The third-order valence-corrected chi connectivity index (χ3v) is 23.3. The summed E-state index contributed by atoms with van der Waals surface area (Å²) in [5, 5.41) is 82.8. The molecule has 4 spiro atoms. The van der Waals surface area contributed by atoms with E-state index in [9.17, 15) is 25.2 Å². The van der Waals surface area contributed by atoms with Gasteiger partial charge in [0.2, 0.25) is 0 Å². The number of carbonyl (C=O) groups excluding carboxylic acids is 2. The van der Waals surface area contributed by atoms with Crippen molar-refractivity contribution < 1.29 is 45.0 Å². The van der Waals surface area contributed by atoms with E-state index in [2.05, 4.69) is 49.1 Å². The van der Waals surface area contributed by atoms with Crippen molar-refractivity contribution in [1.29, 1.82) is 0 Å². The maximum absolute atomic E-state index is 16.9. The summed E-state index contributed by atoms with van der Waals surface area (Å²) >= 11 is 0. The molecule has 380 valence electrons. The number of benzene rings is 1. The van der Waals surface area contributed by atoms with Crippen LogP contribution in [-0.2, 0) is 20.8 Å². The van der Waals surface area contributed by atoms with Crippen LogP contribution in [0.4, 0.5) is 0 Å². The van der Waals surface area contributed by atoms with Gasteiger partial charge in [0.15, 0.2) is 11.7 Å². The number of nitrogens with two attached hydrogens (primary N) is 2. The average Bonchev–Trinajstić information content (AvgIpc) is 4.02. The van der Waals surface area contributed by atoms with E-state index in [1.54, 1.807) is 0 Å². The van der Waals surface area contributed by atoms with E-state index in [1.807, 2.05) is 24.3 Å². The van der Waals surface area contributed by atoms with Crippen LogP contribution >= 0.6 is 0 Å². The number of carbonyl (C=O) groups is 3. The van der Waals surface area contributed by atoms with E-state index in [0.717, 1.165) is 36.0 Å². The van der Waals surface area contributed by atoms with Crippen molar-refractivity contribution in [3.05, 3.63) is 110 Å². The zero-order valence-corrected chi connectivity index (χ0v) is 42.0. The highest BCUT2D eigenvalue weighted by atomic mass is 16.4. The minimum atomic E-state index is -2.47. The topological polar surface area (TPSA) is 237 Å². The highest BCUT2D eigenvalue weighted by Gasteiger charge is 2.93. The molecular formula is C61H67N3O9. The number of Topliss-reactive ketones (excluding diaryl/α,β-unsaturated/α-hetero) is 2. The lowest BCUT2D eigenvalue weighted by atomic mass is 9.31. The first-order valence-corrected chi connectivity index (χ1v) is 27.3. The highest BCUT2D eigenvalue weighted by Crippen LogP contribution is 2.91. The minimum Gasteiger partial charge on any atom is -0.478 e. The predicted molar refractivity (Wildman–Crippen MR) is 271 cm³/mol. The smallest absolute Gasteiger partial charge is 0.331 e. The molecule has 5 saturated carbocycles. The van der Waals surface area contributed by atoms with Gasteiger partial charge in [0.05, 0.1) is 0 Å². The van der Waals surface area contributed by atoms with Crippen LogP contribution in [0.15, 0.2) is 104 Å². The number of guanidine groups is 1. The molecule has 13 aliphatic rings. The van der Waals surface area contributed by atoms with Crippen molar-refractivity contribution >= 4 is 29.6 Å².